The van der Waals surface area contributed by atoms with Gasteiger partial charge in [0.1, 0.15) is 0 Å². The number of ether oxygens (including phenoxy) is 2. The molecule has 2 unspecified atom stereocenters. The lowest BCUT2D eigenvalue weighted by Crippen LogP contribution is -2.29. The van der Waals surface area contributed by atoms with Gasteiger partial charge in [-0.05, 0) is 25.3 Å². The molecule has 6 heteroatoms. The van der Waals surface area contributed by atoms with Crippen molar-refractivity contribution in [2.45, 2.75) is 25.8 Å². The van der Waals surface area contributed by atoms with Crippen LogP contribution in [-0.4, -0.2) is 23.8 Å². The van der Waals surface area contributed by atoms with Crippen molar-refractivity contribution in [3.63, 3.8) is 0 Å². The number of hydrogen-bond donors (Lipinski definition) is 2. The van der Waals surface area contributed by atoms with E-state index in [2.05, 4.69) is 5.32 Å². The molecule has 1 aliphatic heterocycles. The van der Waals surface area contributed by atoms with Crippen LogP contribution in [0.15, 0.2) is 18.2 Å². The molecule has 0 bridgehead atoms. The minimum absolute atomic E-state index is 0.0877. The summed E-state index contributed by atoms with van der Waals surface area (Å²) in [6.45, 7) is 0.558. The van der Waals surface area contributed by atoms with Crippen molar-refractivity contribution in [3.8, 4) is 11.5 Å². The van der Waals surface area contributed by atoms with Gasteiger partial charge in [-0.3, -0.25) is 9.59 Å². The van der Waals surface area contributed by atoms with Gasteiger partial charge in [0.05, 0.1) is 5.92 Å². The molecule has 1 fully saturated rings. The van der Waals surface area contributed by atoms with Crippen LogP contribution in [0.25, 0.3) is 0 Å². The van der Waals surface area contributed by atoms with E-state index in [9.17, 15) is 9.59 Å². The Hall–Kier alpha value is -2.24. The molecule has 1 heterocycles. The predicted octanol–water partition coefficient (Wildman–Crippen LogP) is 1.53. The molecule has 1 aromatic carbocycles. The van der Waals surface area contributed by atoms with E-state index in [1.807, 2.05) is 18.2 Å². The van der Waals surface area contributed by atoms with Gasteiger partial charge in [0.2, 0.25) is 12.7 Å². The second-order valence-electron chi connectivity index (χ2n) is 5.41. The Morgan fingerprint density at radius 1 is 1.24 bits per heavy atom. The molecule has 0 saturated heterocycles. The summed E-state index contributed by atoms with van der Waals surface area (Å²) in [6.07, 6.45) is 1.63. The first-order valence-corrected chi connectivity index (χ1v) is 7.03. The molecule has 0 radical (unpaired) electrons. The Morgan fingerprint density at radius 2 is 2.05 bits per heavy atom. The predicted molar refractivity (Wildman–Crippen MR) is 72.9 cm³/mol. The fourth-order valence-electron chi connectivity index (χ4n) is 2.90. The van der Waals surface area contributed by atoms with Crippen molar-refractivity contribution >= 4 is 11.9 Å². The lowest BCUT2D eigenvalue weighted by atomic mass is 10.0. The van der Waals surface area contributed by atoms with E-state index in [-0.39, 0.29) is 18.6 Å². The molecule has 1 saturated carbocycles. The summed E-state index contributed by atoms with van der Waals surface area (Å²) in [5, 5.41) is 11.8. The number of rotatable bonds is 4. The van der Waals surface area contributed by atoms with Gasteiger partial charge in [-0.2, -0.15) is 0 Å². The number of para-hydroxylation sites is 1. The molecular formula is C15H17NO5. The maximum atomic E-state index is 12.1. The highest BCUT2D eigenvalue weighted by Crippen LogP contribution is 2.35. The van der Waals surface area contributed by atoms with Crippen LogP contribution in [0.4, 0.5) is 0 Å². The summed E-state index contributed by atoms with van der Waals surface area (Å²) in [5.41, 5.74) is 0.867. The molecule has 1 aromatic rings. The second-order valence-corrected chi connectivity index (χ2v) is 5.41. The number of aliphatic carboxylic acids is 1. The van der Waals surface area contributed by atoms with Crippen LogP contribution in [0.1, 0.15) is 24.8 Å². The maximum Gasteiger partial charge on any atom is 0.306 e. The number of carboxylic acid groups (broad SMARTS) is 1. The van der Waals surface area contributed by atoms with Gasteiger partial charge >= 0.3 is 5.97 Å². The SMILES string of the molecule is O=C(O)C1CCC(C(=O)NCc2cccc3c2OCO3)C1. The van der Waals surface area contributed by atoms with Crippen molar-refractivity contribution in [1.29, 1.82) is 0 Å². The van der Waals surface area contributed by atoms with E-state index in [0.29, 0.717) is 37.3 Å². The zero-order valence-corrected chi connectivity index (χ0v) is 11.5. The van der Waals surface area contributed by atoms with Crippen LogP contribution in [0.2, 0.25) is 0 Å². The maximum absolute atomic E-state index is 12.1. The first-order valence-electron chi connectivity index (χ1n) is 7.03. The van der Waals surface area contributed by atoms with Gasteiger partial charge in [0.15, 0.2) is 11.5 Å². The van der Waals surface area contributed by atoms with Gasteiger partial charge in [-0.1, -0.05) is 12.1 Å². The molecule has 2 N–H and O–H groups in total. The molecule has 6 nitrogen and oxygen atoms in total. The van der Waals surface area contributed by atoms with Gasteiger partial charge in [-0.15, -0.1) is 0 Å². The highest BCUT2D eigenvalue weighted by atomic mass is 16.7. The summed E-state index contributed by atoms with van der Waals surface area (Å²) in [5.74, 6) is -0.133. The Kier molecular flexibility index (Phi) is 3.68. The Bertz CT molecular complexity index is 571. The molecule has 112 valence electrons. The van der Waals surface area contributed by atoms with Crippen molar-refractivity contribution in [2.24, 2.45) is 11.8 Å². The average Bonchev–Trinajstić information content (AvgIpc) is 3.13. The fraction of sp³-hybridized carbons (Fsp3) is 0.467. The van der Waals surface area contributed by atoms with E-state index in [4.69, 9.17) is 14.6 Å². The van der Waals surface area contributed by atoms with E-state index in [0.717, 1.165) is 5.56 Å². The lowest BCUT2D eigenvalue weighted by Gasteiger charge is -2.12. The zero-order valence-electron chi connectivity index (χ0n) is 11.5. The first kappa shape index (κ1) is 13.7. The molecule has 2 aliphatic rings. The Labute approximate surface area is 122 Å². The third kappa shape index (κ3) is 2.79. The number of hydrogen-bond acceptors (Lipinski definition) is 4. The molecule has 3 rings (SSSR count). The van der Waals surface area contributed by atoms with E-state index in [1.54, 1.807) is 0 Å². The minimum atomic E-state index is -0.809. The number of carbonyl (C=O) groups excluding carboxylic acids is 1. The number of carbonyl (C=O) groups is 2. The largest absolute Gasteiger partial charge is 0.481 e. The van der Waals surface area contributed by atoms with Crippen LogP contribution in [0.5, 0.6) is 11.5 Å². The summed E-state index contributed by atoms with van der Waals surface area (Å²) >= 11 is 0. The smallest absolute Gasteiger partial charge is 0.306 e. The second kappa shape index (κ2) is 5.63. The molecule has 21 heavy (non-hydrogen) atoms. The summed E-state index contributed by atoms with van der Waals surface area (Å²) in [6, 6.07) is 5.55. The standard InChI is InChI=1S/C15H17NO5/c17-14(9-4-5-10(6-9)15(18)19)16-7-11-2-1-3-12-13(11)21-8-20-12/h1-3,9-10H,4-8H2,(H,16,17)(H,18,19). The van der Waals surface area contributed by atoms with Crippen molar-refractivity contribution < 1.29 is 24.2 Å². The molecular weight excluding hydrogens is 274 g/mol. The van der Waals surface area contributed by atoms with Crippen molar-refractivity contribution in [2.75, 3.05) is 6.79 Å². The van der Waals surface area contributed by atoms with Crippen LogP contribution in [0, 0.1) is 11.8 Å². The number of nitrogens with one attached hydrogen (secondary N) is 1. The van der Waals surface area contributed by atoms with Crippen molar-refractivity contribution in [1.82, 2.24) is 5.32 Å². The Morgan fingerprint density at radius 3 is 2.81 bits per heavy atom. The minimum Gasteiger partial charge on any atom is -0.481 e. The molecule has 1 amide bonds. The van der Waals surface area contributed by atoms with Crippen LogP contribution in [-0.2, 0) is 16.1 Å². The Balaban J connectivity index is 1.57. The summed E-state index contributed by atoms with van der Waals surface area (Å²) < 4.78 is 10.7. The molecule has 2 atom stereocenters. The van der Waals surface area contributed by atoms with Crippen LogP contribution >= 0.6 is 0 Å². The van der Waals surface area contributed by atoms with Gasteiger partial charge < -0.3 is 19.9 Å². The number of amides is 1. The third-order valence-electron chi connectivity index (χ3n) is 4.08. The highest BCUT2D eigenvalue weighted by Gasteiger charge is 2.33. The van der Waals surface area contributed by atoms with E-state index >= 15 is 0 Å². The monoisotopic (exact) mass is 291 g/mol. The number of carboxylic acids is 1. The quantitative estimate of drug-likeness (QED) is 0.879. The molecule has 0 spiro atoms. The summed E-state index contributed by atoms with van der Waals surface area (Å²) in [4.78, 5) is 23.0. The van der Waals surface area contributed by atoms with Gasteiger partial charge in [0.25, 0.3) is 0 Å². The lowest BCUT2D eigenvalue weighted by molar-refractivity contribution is -0.141. The van der Waals surface area contributed by atoms with Gasteiger partial charge in [0, 0.05) is 18.0 Å². The fourth-order valence-corrected chi connectivity index (χ4v) is 2.90. The molecule has 0 aromatic heterocycles. The topological polar surface area (TPSA) is 84.9 Å². The first-order chi connectivity index (χ1) is 10.1. The van der Waals surface area contributed by atoms with E-state index < -0.39 is 11.9 Å². The average molecular weight is 291 g/mol. The van der Waals surface area contributed by atoms with Gasteiger partial charge in [-0.25, -0.2) is 0 Å². The van der Waals surface area contributed by atoms with Crippen LogP contribution in [0.3, 0.4) is 0 Å². The van der Waals surface area contributed by atoms with E-state index in [1.165, 1.54) is 0 Å². The molecule has 1 aliphatic carbocycles. The van der Waals surface area contributed by atoms with Crippen LogP contribution < -0.4 is 14.8 Å². The third-order valence-corrected chi connectivity index (χ3v) is 4.08. The normalized spacial score (nSPS) is 23.0. The zero-order chi connectivity index (χ0) is 14.8. The summed E-state index contributed by atoms with van der Waals surface area (Å²) in [7, 11) is 0. The number of fused-ring (bicyclic) bond motifs is 1. The number of benzene rings is 1. The van der Waals surface area contributed by atoms with Crippen molar-refractivity contribution in [3.05, 3.63) is 23.8 Å². The highest BCUT2D eigenvalue weighted by molar-refractivity contribution is 5.80.